The summed E-state index contributed by atoms with van der Waals surface area (Å²) in [6.45, 7) is 3.74. The fourth-order valence-electron chi connectivity index (χ4n) is 2.26. The van der Waals surface area contributed by atoms with Gasteiger partial charge in [-0.1, -0.05) is 17.7 Å². The van der Waals surface area contributed by atoms with Crippen molar-refractivity contribution >= 4 is 29.3 Å². The second-order valence-electron chi connectivity index (χ2n) is 5.31. The molecule has 0 atom stereocenters. The largest absolute Gasteiger partial charge is 0.496 e. The van der Waals surface area contributed by atoms with Gasteiger partial charge in [0.2, 0.25) is 0 Å². The van der Waals surface area contributed by atoms with Crippen LogP contribution in [0.25, 0.3) is 6.08 Å². The lowest BCUT2D eigenvalue weighted by Gasteiger charge is -2.08. The second-order valence-corrected chi connectivity index (χ2v) is 5.75. The maximum Gasteiger partial charge on any atom is 0.266 e. The quantitative estimate of drug-likeness (QED) is 0.658. The van der Waals surface area contributed by atoms with Crippen LogP contribution < -0.4 is 10.1 Å². The molecule has 0 saturated heterocycles. The molecule has 0 radical (unpaired) electrons. The number of anilines is 1. The zero-order chi connectivity index (χ0) is 17.7. The van der Waals surface area contributed by atoms with E-state index in [4.69, 9.17) is 16.3 Å². The van der Waals surface area contributed by atoms with Crippen molar-refractivity contribution in [3.63, 3.8) is 0 Å². The van der Waals surface area contributed by atoms with Crippen LogP contribution in [0.1, 0.15) is 16.7 Å². The number of hydrogen-bond donors (Lipinski definition) is 1. The second kappa shape index (κ2) is 7.67. The smallest absolute Gasteiger partial charge is 0.266 e. The molecule has 0 saturated carbocycles. The third kappa shape index (κ3) is 4.15. The summed E-state index contributed by atoms with van der Waals surface area (Å²) in [7, 11) is 1.60. The van der Waals surface area contributed by atoms with E-state index in [1.807, 2.05) is 26.0 Å². The molecule has 0 unspecified atom stereocenters. The van der Waals surface area contributed by atoms with E-state index < -0.39 is 5.91 Å². The van der Waals surface area contributed by atoms with Crippen molar-refractivity contribution in [2.45, 2.75) is 13.8 Å². The Morgan fingerprint density at radius 3 is 2.54 bits per heavy atom. The first-order chi connectivity index (χ1) is 11.4. The molecule has 2 aromatic carbocycles. The number of nitriles is 1. The van der Waals surface area contributed by atoms with Gasteiger partial charge in [0.05, 0.1) is 7.11 Å². The highest BCUT2D eigenvalue weighted by Gasteiger charge is 2.11. The number of amides is 1. The van der Waals surface area contributed by atoms with E-state index in [0.717, 1.165) is 22.4 Å². The number of nitrogens with one attached hydrogen (secondary N) is 1. The molecule has 0 spiro atoms. The van der Waals surface area contributed by atoms with Crippen LogP contribution in [0.3, 0.4) is 0 Å². The predicted octanol–water partition coefficient (Wildman–Crippen LogP) is 4.51. The lowest BCUT2D eigenvalue weighted by Crippen LogP contribution is -2.14. The number of methoxy groups -OCH3 is 1. The first kappa shape index (κ1) is 17.6. The number of benzene rings is 2. The van der Waals surface area contributed by atoms with Crippen LogP contribution >= 0.6 is 11.6 Å². The number of ether oxygens (including phenoxy) is 1. The Bertz CT molecular complexity index is 851. The number of halogens is 1. The third-order valence-electron chi connectivity index (χ3n) is 3.53. The molecule has 4 nitrogen and oxygen atoms in total. The normalized spacial score (nSPS) is 10.9. The molecule has 24 heavy (non-hydrogen) atoms. The number of carbonyl (C=O) groups is 1. The molecule has 1 N–H and O–H groups in total. The minimum atomic E-state index is -0.462. The summed E-state index contributed by atoms with van der Waals surface area (Å²) in [5.41, 5.74) is 3.16. The number of aryl methyl sites for hydroxylation is 2. The van der Waals surface area contributed by atoms with Gasteiger partial charge >= 0.3 is 0 Å². The van der Waals surface area contributed by atoms with E-state index >= 15 is 0 Å². The van der Waals surface area contributed by atoms with E-state index in [-0.39, 0.29) is 5.57 Å². The molecule has 0 bridgehead atoms. The summed E-state index contributed by atoms with van der Waals surface area (Å²) in [4.78, 5) is 12.3. The fraction of sp³-hybridized carbons (Fsp3) is 0.158. The van der Waals surface area contributed by atoms with Crippen LogP contribution in [-0.2, 0) is 4.79 Å². The number of carbonyl (C=O) groups excluding carboxylic acids is 1. The lowest BCUT2D eigenvalue weighted by atomic mass is 10.1. The summed E-state index contributed by atoms with van der Waals surface area (Å²) in [6, 6.07) is 12.5. The van der Waals surface area contributed by atoms with Crippen LogP contribution in [0.4, 0.5) is 5.69 Å². The van der Waals surface area contributed by atoms with Crippen molar-refractivity contribution in [1.82, 2.24) is 0 Å². The molecule has 0 aromatic heterocycles. The maximum atomic E-state index is 12.3. The first-order valence-corrected chi connectivity index (χ1v) is 7.66. The van der Waals surface area contributed by atoms with E-state index in [9.17, 15) is 10.1 Å². The number of hydrogen-bond acceptors (Lipinski definition) is 3. The van der Waals surface area contributed by atoms with Crippen molar-refractivity contribution < 1.29 is 9.53 Å². The van der Waals surface area contributed by atoms with Gasteiger partial charge in [0.15, 0.2) is 0 Å². The van der Waals surface area contributed by atoms with E-state index in [0.29, 0.717) is 10.7 Å². The zero-order valence-electron chi connectivity index (χ0n) is 13.7. The highest BCUT2D eigenvalue weighted by Crippen LogP contribution is 2.22. The van der Waals surface area contributed by atoms with Gasteiger partial charge in [-0.2, -0.15) is 5.26 Å². The minimum absolute atomic E-state index is 0.0221. The van der Waals surface area contributed by atoms with E-state index in [2.05, 4.69) is 5.32 Å². The molecule has 0 aliphatic rings. The average Bonchev–Trinajstić information content (AvgIpc) is 2.55. The van der Waals surface area contributed by atoms with E-state index in [1.54, 1.807) is 43.5 Å². The van der Waals surface area contributed by atoms with Crippen molar-refractivity contribution in [1.29, 1.82) is 5.26 Å². The zero-order valence-corrected chi connectivity index (χ0v) is 14.4. The molecular formula is C19H17ClN2O2. The Hall–Kier alpha value is -2.77. The third-order valence-corrected chi connectivity index (χ3v) is 3.77. The summed E-state index contributed by atoms with van der Waals surface area (Å²) >= 11 is 5.90. The standard InChI is InChI=1S/C19H17ClN2O2/c1-12-9-16(20)5-6-17(12)22-19(23)15(11-21)10-14-4-7-18(24-3)13(2)8-14/h4-10H,1-3H3,(H,22,23)/b15-10+. The summed E-state index contributed by atoms with van der Waals surface area (Å²) in [5, 5.41) is 12.6. The molecule has 0 fully saturated rings. The Kier molecular flexibility index (Phi) is 5.62. The summed E-state index contributed by atoms with van der Waals surface area (Å²) in [6.07, 6.45) is 1.55. The molecule has 2 rings (SSSR count). The van der Waals surface area contributed by atoms with Crippen LogP contribution in [-0.4, -0.2) is 13.0 Å². The molecule has 0 aliphatic heterocycles. The van der Waals surface area contributed by atoms with Crippen molar-refractivity contribution in [3.8, 4) is 11.8 Å². The van der Waals surface area contributed by atoms with Gasteiger partial charge in [0.1, 0.15) is 17.4 Å². The maximum absolute atomic E-state index is 12.3. The SMILES string of the molecule is COc1ccc(/C=C(\C#N)C(=O)Nc2ccc(Cl)cc2C)cc1C. The van der Waals surface area contributed by atoms with Gasteiger partial charge in [-0.05, 0) is 66.9 Å². The molecule has 2 aromatic rings. The van der Waals surface area contributed by atoms with Gasteiger partial charge in [0.25, 0.3) is 5.91 Å². The minimum Gasteiger partial charge on any atom is -0.496 e. The van der Waals surface area contributed by atoms with E-state index in [1.165, 1.54) is 0 Å². The van der Waals surface area contributed by atoms with Gasteiger partial charge < -0.3 is 10.1 Å². The predicted molar refractivity (Wildman–Crippen MR) is 96.1 cm³/mol. The summed E-state index contributed by atoms with van der Waals surface area (Å²) < 4.78 is 5.20. The van der Waals surface area contributed by atoms with Gasteiger partial charge in [0, 0.05) is 10.7 Å². The van der Waals surface area contributed by atoms with Crippen LogP contribution in [0, 0.1) is 25.2 Å². The molecule has 0 aliphatic carbocycles. The van der Waals surface area contributed by atoms with Crippen molar-refractivity contribution in [2.24, 2.45) is 0 Å². The average molecular weight is 341 g/mol. The molecular weight excluding hydrogens is 324 g/mol. The highest BCUT2D eigenvalue weighted by molar-refractivity contribution is 6.30. The Balaban J connectivity index is 2.25. The topological polar surface area (TPSA) is 62.1 Å². The number of nitrogens with zero attached hydrogens (tertiary/aromatic N) is 1. The monoisotopic (exact) mass is 340 g/mol. The number of rotatable bonds is 4. The van der Waals surface area contributed by atoms with Gasteiger partial charge in [-0.3, -0.25) is 4.79 Å². The highest BCUT2D eigenvalue weighted by atomic mass is 35.5. The Labute approximate surface area is 146 Å². The van der Waals surface area contributed by atoms with Crippen LogP contribution in [0.15, 0.2) is 42.0 Å². The fourth-order valence-corrected chi connectivity index (χ4v) is 2.49. The Morgan fingerprint density at radius 2 is 1.96 bits per heavy atom. The molecule has 0 heterocycles. The summed E-state index contributed by atoms with van der Waals surface area (Å²) in [5.74, 6) is 0.295. The molecule has 5 heteroatoms. The molecule has 122 valence electrons. The lowest BCUT2D eigenvalue weighted by molar-refractivity contribution is -0.112. The molecule has 1 amide bonds. The Morgan fingerprint density at radius 1 is 1.21 bits per heavy atom. The van der Waals surface area contributed by atoms with Gasteiger partial charge in [-0.25, -0.2) is 0 Å². The first-order valence-electron chi connectivity index (χ1n) is 7.28. The van der Waals surface area contributed by atoms with Gasteiger partial charge in [-0.15, -0.1) is 0 Å². The van der Waals surface area contributed by atoms with Crippen molar-refractivity contribution in [2.75, 3.05) is 12.4 Å². The van der Waals surface area contributed by atoms with Crippen molar-refractivity contribution in [3.05, 3.63) is 63.7 Å². The van der Waals surface area contributed by atoms with Crippen LogP contribution in [0.5, 0.6) is 5.75 Å². The van der Waals surface area contributed by atoms with Crippen LogP contribution in [0.2, 0.25) is 5.02 Å².